The number of carboxylic acid groups (broad SMARTS) is 1. The summed E-state index contributed by atoms with van der Waals surface area (Å²) in [7, 11) is 0. The Morgan fingerprint density at radius 2 is 1.90 bits per heavy atom. The Labute approximate surface area is 129 Å². The summed E-state index contributed by atoms with van der Waals surface area (Å²) >= 11 is 5.74. The van der Waals surface area contributed by atoms with Crippen LogP contribution in [0.4, 0.5) is 0 Å². The first-order valence-electron chi connectivity index (χ1n) is 6.76. The zero-order valence-corrected chi connectivity index (χ0v) is 12.9. The van der Waals surface area contributed by atoms with E-state index < -0.39 is 11.9 Å². The van der Waals surface area contributed by atoms with E-state index in [2.05, 4.69) is 5.32 Å². The number of halogens is 1. The Hall–Kier alpha value is -1.75. The van der Waals surface area contributed by atoms with Crippen LogP contribution in [-0.2, 0) is 9.59 Å². The second-order valence-corrected chi connectivity index (χ2v) is 5.65. The van der Waals surface area contributed by atoms with Crippen LogP contribution in [0.15, 0.2) is 24.3 Å². The third-order valence-electron chi connectivity index (χ3n) is 2.83. The molecule has 21 heavy (non-hydrogen) atoms. The normalized spacial score (nSPS) is 12.0. The van der Waals surface area contributed by atoms with Crippen molar-refractivity contribution < 1.29 is 19.4 Å². The number of carbonyl (C=O) groups excluding carboxylic acids is 1. The molecule has 116 valence electrons. The smallest absolute Gasteiger partial charge is 0.308 e. The number of carbonyl (C=O) groups is 2. The number of hydrogen-bond donors (Lipinski definition) is 2. The maximum Gasteiger partial charge on any atom is 0.308 e. The third kappa shape index (κ3) is 6.99. The van der Waals surface area contributed by atoms with Crippen LogP contribution >= 0.6 is 11.6 Å². The lowest BCUT2D eigenvalue weighted by Crippen LogP contribution is -2.36. The molecule has 0 radical (unpaired) electrons. The van der Waals surface area contributed by atoms with Gasteiger partial charge in [-0.05, 0) is 36.6 Å². The molecular weight excluding hydrogens is 294 g/mol. The number of aliphatic carboxylic acids is 1. The summed E-state index contributed by atoms with van der Waals surface area (Å²) in [5.74, 6) is -1.04. The Morgan fingerprint density at radius 1 is 1.29 bits per heavy atom. The topological polar surface area (TPSA) is 75.6 Å². The number of nitrogens with one attached hydrogen (secondary N) is 1. The standard InChI is InChI=1S/C15H20ClNO4/c1-10(2)7-11(15(19)20)8-17-14(18)9-21-13-5-3-12(16)4-6-13/h3-6,10-11H,7-9H2,1-2H3,(H,17,18)(H,19,20). The Kier molecular flexibility index (Phi) is 7.02. The molecule has 0 saturated carbocycles. The van der Waals surface area contributed by atoms with Gasteiger partial charge in [-0.3, -0.25) is 9.59 Å². The van der Waals surface area contributed by atoms with E-state index in [1.54, 1.807) is 24.3 Å². The first-order valence-corrected chi connectivity index (χ1v) is 7.14. The fourth-order valence-electron chi connectivity index (χ4n) is 1.81. The van der Waals surface area contributed by atoms with Crippen LogP contribution in [-0.4, -0.2) is 30.1 Å². The van der Waals surface area contributed by atoms with Gasteiger partial charge in [-0.25, -0.2) is 0 Å². The number of amides is 1. The molecule has 0 aliphatic carbocycles. The van der Waals surface area contributed by atoms with Crippen molar-refractivity contribution in [2.24, 2.45) is 11.8 Å². The number of ether oxygens (including phenoxy) is 1. The minimum atomic E-state index is -0.900. The molecule has 1 aromatic carbocycles. The maximum absolute atomic E-state index is 11.6. The molecule has 0 saturated heterocycles. The SMILES string of the molecule is CC(C)CC(CNC(=O)COc1ccc(Cl)cc1)C(=O)O. The van der Waals surface area contributed by atoms with Gasteiger partial charge in [0.05, 0.1) is 5.92 Å². The lowest BCUT2D eigenvalue weighted by molar-refractivity contribution is -0.142. The van der Waals surface area contributed by atoms with E-state index in [0.29, 0.717) is 17.2 Å². The van der Waals surface area contributed by atoms with E-state index in [4.69, 9.17) is 21.4 Å². The average Bonchev–Trinajstić information content (AvgIpc) is 2.42. The maximum atomic E-state index is 11.6. The Bertz CT molecular complexity index is 473. The van der Waals surface area contributed by atoms with E-state index in [-0.39, 0.29) is 25.0 Å². The van der Waals surface area contributed by atoms with Crippen molar-refractivity contribution in [1.29, 1.82) is 0 Å². The van der Waals surface area contributed by atoms with Crippen molar-refractivity contribution in [2.75, 3.05) is 13.2 Å². The van der Waals surface area contributed by atoms with Gasteiger partial charge in [-0.15, -0.1) is 0 Å². The highest BCUT2D eigenvalue weighted by Gasteiger charge is 2.19. The summed E-state index contributed by atoms with van der Waals surface area (Å²) in [5, 5.41) is 12.2. The number of benzene rings is 1. The third-order valence-corrected chi connectivity index (χ3v) is 3.09. The molecule has 0 aliphatic heterocycles. The lowest BCUT2D eigenvalue weighted by atomic mass is 9.97. The second kappa shape index (κ2) is 8.52. The van der Waals surface area contributed by atoms with Crippen LogP contribution < -0.4 is 10.1 Å². The summed E-state index contributed by atoms with van der Waals surface area (Å²) in [6, 6.07) is 6.65. The minimum Gasteiger partial charge on any atom is -0.484 e. The first-order chi connectivity index (χ1) is 9.88. The molecular formula is C15H20ClNO4. The molecule has 0 aliphatic rings. The summed E-state index contributed by atoms with van der Waals surface area (Å²) in [4.78, 5) is 22.7. The molecule has 1 aromatic rings. The number of hydrogen-bond acceptors (Lipinski definition) is 3. The van der Waals surface area contributed by atoms with E-state index in [1.165, 1.54) is 0 Å². The van der Waals surface area contributed by atoms with Gasteiger partial charge < -0.3 is 15.2 Å². The summed E-state index contributed by atoms with van der Waals surface area (Å²) in [6.45, 7) is 3.84. The van der Waals surface area contributed by atoms with E-state index >= 15 is 0 Å². The zero-order valence-electron chi connectivity index (χ0n) is 12.1. The summed E-state index contributed by atoms with van der Waals surface area (Å²) < 4.78 is 5.28. The largest absolute Gasteiger partial charge is 0.484 e. The molecule has 0 fully saturated rings. The van der Waals surface area contributed by atoms with Gasteiger partial charge in [0.25, 0.3) is 5.91 Å². The summed E-state index contributed by atoms with van der Waals surface area (Å²) in [6.07, 6.45) is 0.521. The van der Waals surface area contributed by atoms with E-state index in [1.807, 2.05) is 13.8 Å². The quantitative estimate of drug-likeness (QED) is 0.773. The molecule has 1 amide bonds. The lowest BCUT2D eigenvalue weighted by Gasteiger charge is -2.15. The molecule has 1 atom stereocenters. The molecule has 1 rings (SSSR count). The molecule has 0 bridgehead atoms. The van der Waals surface area contributed by atoms with Gasteiger partial charge in [0, 0.05) is 11.6 Å². The van der Waals surface area contributed by atoms with Crippen molar-refractivity contribution in [1.82, 2.24) is 5.32 Å². The predicted octanol–water partition coefficient (Wildman–Crippen LogP) is 2.58. The highest BCUT2D eigenvalue weighted by Crippen LogP contribution is 2.15. The highest BCUT2D eigenvalue weighted by molar-refractivity contribution is 6.30. The predicted molar refractivity (Wildman–Crippen MR) is 80.5 cm³/mol. The molecule has 6 heteroatoms. The molecule has 0 spiro atoms. The zero-order chi connectivity index (χ0) is 15.8. The van der Waals surface area contributed by atoms with Crippen molar-refractivity contribution in [3.8, 4) is 5.75 Å². The van der Waals surface area contributed by atoms with Gasteiger partial charge in [-0.1, -0.05) is 25.4 Å². The van der Waals surface area contributed by atoms with Crippen molar-refractivity contribution in [3.05, 3.63) is 29.3 Å². The first kappa shape index (κ1) is 17.3. The number of carboxylic acids is 1. The number of rotatable bonds is 8. The Morgan fingerprint density at radius 3 is 2.43 bits per heavy atom. The molecule has 0 aromatic heterocycles. The van der Waals surface area contributed by atoms with Crippen LogP contribution in [0.25, 0.3) is 0 Å². The Balaban J connectivity index is 2.35. The van der Waals surface area contributed by atoms with Crippen LogP contribution in [0.5, 0.6) is 5.75 Å². The van der Waals surface area contributed by atoms with Crippen molar-refractivity contribution in [2.45, 2.75) is 20.3 Å². The van der Waals surface area contributed by atoms with Gasteiger partial charge >= 0.3 is 5.97 Å². The van der Waals surface area contributed by atoms with Crippen LogP contribution in [0.3, 0.4) is 0 Å². The molecule has 0 heterocycles. The monoisotopic (exact) mass is 313 g/mol. The van der Waals surface area contributed by atoms with Gasteiger partial charge in [0.1, 0.15) is 5.75 Å². The molecule has 5 nitrogen and oxygen atoms in total. The van der Waals surface area contributed by atoms with Gasteiger partial charge in [0.2, 0.25) is 0 Å². The van der Waals surface area contributed by atoms with E-state index in [9.17, 15) is 9.59 Å². The van der Waals surface area contributed by atoms with Gasteiger partial charge in [-0.2, -0.15) is 0 Å². The summed E-state index contributed by atoms with van der Waals surface area (Å²) in [5.41, 5.74) is 0. The van der Waals surface area contributed by atoms with Crippen molar-refractivity contribution in [3.63, 3.8) is 0 Å². The second-order valence-electron chi connectivity index (χ2n) is 5.21. The highest BCUT2D eigenvalue weighted by atomic mass is 35.5. The fraction of sp³-hybridized carbons (Fsp3) is 0.467. The minimum absolute atomic E-state index is 0.107. The van der Waals surface area contributed by atoms with Gasteiger partial charge in [0.15, 0.2) is 6.61 Å². The van der Waals surface area contributed by atoms with Crippen LogP contribution in [0, 0.1) is 11.8 Å². The van der Waals surface area contributed by atoms with Crippen molar-refractivity contribution >= 4 is 23.5 Å². The average molecular weight is 314 g/mol. The van der Waals surface area contributed by atoms with Crippen LogP contribution in [0.1, 0.15) is 20.3 Å². The van der Waals surface area contributed by atoms with Crippen LogP contribution in [0.2, 0.25) is 5.02 Å². The fourth-order valence-corrected chi connectivity index (χ4v) is 1.93. The van der Waals surface area contributed by atoms with E-state index in [0.717, 1.165) is 0 Å². The molecule has 1 unspecified atom stereocenters. The molecule has 2 N–H and O–H groups in total.